The minimum absolute atomic E-state index is 0.0361. The van der Waals surface area contributed by atoms with Crippen molar-refractivity contribution in [3.05, 3.63) is 23.5 Å². The molecule has 1 aliphatic heterocycles. The summed E-state index contributed by atoms with van der Waals surface area (Å²) in [6, 6.07) is -1.15. The number of hydrogen-bond acceptors (Lipinski definition) is 8. The van der Waals surface area contributed by atoms with E-state index in [9.17, 15) is 24.3 Å². The fourth-order valence-electron chi connectivity index (χ4n) is 8.82. The first-order chi connectivity index (χ1) is 18.2. The monoisotopic (exact) mass is 579 g/mol. The standard InChI is InChI=1S/C29H38ClNO7S/c1-16(32)31-22(14-39-26(31,2)3)24(35)38-29(25(36)37-15-30)11-9-20-19-7-6-17-12-18(33)13-23(34)28(17,5)21(19)8-10-27(20,29)4/h12-13,19-22,34H,6-11,14-15H2,1-5H3/t19?,20?,21?,22-,27?,28?,29?/m0/s1. The number of aliphatic hydroxyl groups excluding tert-OH is 1. The molecule has 4 aliphatic carbocycles. The molecule has 1 saturated heterocycles. The first-order valence-corrected chi connectivity index (χ1v) is 15.3. The van der Waals surface area contributed by atoms with Crippen LogP contribution in [0.5, 0.6) is 0 Å². The van der Waals surface area contributed by atoms with Gasteiger partial charge in [0.05, 0.1) is 4.87 Å². The second-order valence-electron chi connectivity index (χ2n) is 12.7. The van der Waals surface area contributed by atoms with Gasteiger partial charge in [-0.25, -0.2) is 9.59 Å². The number of fused-ring (bicyclic) bond motifs is 5. The summed E-state index contributed by atoms with van der Waals surface area (Å²) >= 11 is 7.35. The molecule has 214 valence electrons. The number of carbonyl (C=O) groups excluding carboxylic acids is 4. The molecule has 0 bridgehead atoms. The molecule has 0 aromatic heterocycles. The van der Waals surface area contributed by atoms with Crippen LogP contribution in [0.15, 0.2) is 23.5 Å². The van der Waals surface area contributed by atoms with Crippen molar-refractivity contribution in [2.45, 2.75) is 89.7 Å². The summed E-state index contributed by atoms with van der Waals surface area (Å²) in [7, 11) is 0. The van der Waals surface area contributed by atoms with E-state index in [4.69, 9.17) is 21.1 Å². The molecule has 1 heterocycles. The molecule has 5 aliphatic rings. The maximum absolute atomic E-state index is 13.8. The molecule has 0 aromatic carbocycles. The Labute approximate surface area is 238 Å². The van der Waals surface area contributed by atoms with Crippen LogP contribution >= 0.6 is 23.4 Å². The summed E-state index contributed by atoms with van der Waals surface area (Å²) in [4.78, 5) is 53.1. The van der Waals surface area contributed by atoms with Gasteiger partial charge in [-0.3, -0.25) is 9.59 Å². The van der Waals surface area contributed by atoms with E-state index in [1.54, 1.807) is 11.0 Å². The molecule has 4 fully saturated rings. The Hall–Kier alpha value is -2.00. The van der Waals surface area contributed by atoms with Crippen molar-refractivity contribution in [2.24, 2.45) is 28.6 Å². The van der Waals surface area contributed by atoms with Gasteiger partial charge < -0.3 is 19.5 Å². The summed E-state index contributed by atoms with van der Waals surface area (Å²) in [5, 5.41) is 11.0. The van der Waals surface area contributed by atoms with Crippen molar-refractivity contribution in [1.82, 2.24) is 4.90 Å². The summed E-state index contributed by atoms with van der Waals surface area (Å²) in [5.41, 5.74) is -1.88. The van der Waals surface area contributed by atoms with Gasteiger partial charge in [0.15, 0.2) is 11.8 Å². The van der Waals surface area contributed by atoms with Crippen LogP contribution in [0.2, 0.25) is 0 Å². The molecule has 6 unspecified atom stereocenters. The Morgan fingerprint density at radius 2 is 1.79 bits per heavy atom. The Morgan fingerprint density at radius 1 is 1.10 bits per heavy atom. The quantitative estimate of drug-likeness (QED) is 0.370. The molecular weight excluding hydrogens is 542 g/mol. The number of carbonyl (C=O) groups is 4. The van der Waals surface area contributed by atoms with Gasteiger partial charge in [0.1, 0.15) is 11.8 Å². The molecule has 3 saturated carbocycles. The van der Waals surface area contributed by atoms with Crippen molar-refractivity contribution in [3.63, 3.8) is 0 Å². The fourth-order valence-corrected chi connectivity index (χ4v) is 10.2. The van der Waals surface area contributed by atoms with Crippen molar-refractivity contribution >= 4 is 47.0 Å². The van der Waals surface area contributed by atoms with E-state index in [1.807, 2.05) is 27.7 Å². The molecule has 39 heavy (non-hydrogen) atoms. The lowest BCUT2D eigenvalue weighted by Crippen LogP contribution is -2.61. The maximum Gasteiger partial charge on any atom is 0.352 e. The second kappa shape index (κ2) is 9.54. The fraction of sp³-hybridized carbons (Fsp3) is 0.724. The van der Waals surface area contributed by atoms with Gasteiger partial charge >= 0.3 is 11.9 Å². The largest absolute Gasteiger partial charge is 0.511 e. The predicted molar refractivity (Wildman–Crippen MR) is 147 cm³/mol. The third kappa shape index (κ3) is 4.00. The van der Waals surface area contributed by atoms with E-state index < -0.39 is 39.3 Å². The Kier molecular flexibility index (Phi) is 6.98. The number of esters is 2. The van der Waals surface area contributed by atoms with Gasteiger partial charge in [0.25, 0.3) is 0 Å². The number of hydrogen-bond donors (Lipinski definition) is 1. The zero-order chi connectivity index (χ0) is 28.5. The first kappa shape index (κ1) is 28.5. The maximum atomic E-state index is 13.8. The van der Waals surface area contributed by atoms with E-state index in [2.05, 4.69) is 0 Å². The van der Waals surface area contributed by atoms with E-state index in [0.717, 1.165) is 12.0 Å². The molecule has 0 spiro atoms. The third-order valence-electron chi connectivity index (χ3n) is 10.7. The number of halogens is 1. The van der Waals surface area contributed by atoms with Crippen LogP contribution in [0.25, 0.3) is 0 Å². The summed E-state index contributed by atoms with van der Waals surface area (Å²) < 4.78 is 11.7. The zero-order valence-electron chi connectivity index (χ0n) is 23.3. The van der Waals surface area contributed by atoms with Crippen LogP contribution in [0.4, 0.5) is 0 Å². The molecule has 7 atom stereocenters. The van der Waals surface area contributed by atoms with E-state index in [1.165, 1.54) is 24.8 Å². The smallest absolute Gasteiger partial charge is 0.352 e. The summed E-state index contributed by atoms with van der Waals surface area (Å²) in [6.45, 7) is 9.28. The number of ketones is 1. The molecule has 0 radical (unpaired) electrons. The number of ether oxygens (including phenoxy) is 2. The molecule has 1 amide bonds. The van der Waals surface area contributed by atoms with Gasteiger partial charge in [0, 0.05) is 29.6 Å². The SMILES string of the molecule is CC(=O)N1[C@H](C(=O)OC2(C(=O)OCCl)CCC3C4CCC5=CC(=O)C=C(O)C5(C)C4CCC32C)CSC1(C)C. The molecule has 5 rings (SSSR count). The molecule has 8 nitrogen and oxygen atoms in total. The van der Waals surface area contributed by atoms with Gasteiger partial charge in [-0.15, -0.1) is 11.8 Å². The number of nitrogens with zero attached hydrogens (tertiary/aromatic N) is 1. The van der Waals surface area contributed by atoms with Gasteiger partial charge in [0.2, 0.25) is 11.5 Å². The Morgan fingerprint density at radius 3 is 2.46 bits per heavy atom. The number of amides is 1. The van der Waals surface area contributed by atoms with Crippen LogP contribution < -0.4 is 0 Å². The highest BCUT2D eigenvalue weighted by Gasteiger charge is 2.70. The zero-order valence-corrected chi connectivity index (χ0v) is 24.8. The predicted octanol–water partition coefficient (Wildman–Crippen LogP) is 4.90. The van der Waals surface area contributed by atoms with Crippen molar-refractivity contribution in [1.29, 1.82) is 0 Å². The van der Waals surface area contributed by atoms with E-state index >= 15 is 0 Å². The third-order valence-corrected chi connectivity index (χ3v) is 12.2. The first-order valence-electron chi connectivity index (χ1n) is 13.8. The minimum Gasteiger partial charge on any atom is -0.511 e. The lowest BCUT2D eigenvalue weighted by atomic mass is 9.47. The molecule has 0 aromatic rings. The second-order valence-corrected chi connectivity index (χ2v) is 14.5. The average molecular weight is 580 g/mol. The van der Waals surface area contributed by atoms with Crippen LogP contribution in [-0.4, -0.2) is 62.0 Å². The minimum atomic E-state index is -1.52. The highest BCUT2D eigenvalue weighted by atomic mass is 35.5. The number of alkyl halides is 1. The van der Waals surface area contributed by atoms with E-state index in [0.29, 0.717) is 37.9 Å². The highest BCUT2D eigenvalue weighted by Crippen LogP contribution is 2.68. The van der Waals surface area contributed by atoms with Gasteiger partial charge in [-0.2, -0.15) is 0 Å². The molecular formula is C29H38ClNO7S. The lowest BCUT2D eigenvalue weighted by molar-refractivity contribution is -0.207. The Balaban J connectivity index is 1.49. The van der Waals surface area contributed by atoms with Gasteiger partial charge in [-0.05, 0) is 83.1 Å². The normalized spacial score (nSPS) is 40.6. The highest BCUT2D eigenvalue weighted by molar-refractivity contribution is 8.00. The van der Waals surface area contributed by atoms with E-state index in [-0.39, 0.29) is 41.3 Å². The Bertz CT molecular complexity index is 1180. The van der Waals surface area contributed by atoms with Crippen molar-refractivity contribution in [3.8, 4) is 0 Å². The molecule has 10 heteroatoms. The number of aliphatic hydroxyl groups is 1. The van der Waals surface area contributed by atoms with Crippen LogP contribution in [-0.2, 0) is 28.7 Å². The topological polar surface area (TPSA) is 110 Å². The number of allylic oxidation sites excluding steroid dienone is 3. The van der Waals surface area contributed by atoms with Crippen LogP contribution in [0.3, 0.4) is 0 Å². The summed E-state index contributed by atoms with van der Waals surface area (Å²) in [5.74, 6) is -0.840. The van der Waals surface area contributed by atoms with Crippen LogP contribution in [0.1, 0.15) is 73.1 Å². The van der Waals surface area contributed by atoms with Crippen LogP contribution in [0, 0.1) is 28.6 Å². The molecule has 1 N–H and O–H groups in total. The van der Waals surface area contributed by atoms with Crippen molar-refractivity contribution < 1.29 is 33.8 Å². The van der Waals surface area contributed by atoms with Gasteiger partial charge in [-0.1, -0.05) is 24.1 Å². The van der Waals surface area contributed by atoms with Crippen molar-refractivity contribution in [2.75, 3.05) is 11.8 Å². The lowest BCUT2D eigenvalue weighted by Gasteiger charge is -2.58. The average Bonchev–Trinajstić information content (AvgIpc) is 3.34. The number of rotatable bonds is 4. The summed E-state index contributed by atoms with van der Waals surface area (Å²) in [6.07, 6.45) is 6.75. The number of thioether (sulfide) groups is 1.